The summed E-state index contributed by atoms with van der Waals surface area (Å²) in [5, 5.41) is 5.50. The molecule has 1 aliphatic heterocycles. The number of carbonyl (C=O) groups excluding carboxylic acids is 2. The van der Waals surface area contributed by atoms with Crippen LogP contribution in [0.3, 0.4) is 0 Å². The molecule has 8 nitrogen and oxygen atoms in total. The summed E-state index contributed by atoms with van der Waals surface area (Å²) < 4.78 is 21.5. The number of carbonyl (C=O) groups is 2. The van der Waals surface area contributed by atoms with Crippen LogP contribution in [-0.2, 0) is 27.4 Å². The van der Waals surface area contributed by atoms with Crippen LogP contribution < -0.4 is 4.90 Å². The number of fused-ring (bicyclic) bond motifs is 2. The van der Waals surface area contributed by atoms with E-state index in [0.717, 1.165) is 43.4 Å². The van der Waals surface area contributed by atoms with Gasteiger partial charge in [0.25, 0.3) is 5.91 Å². The van der Waals surface area contributed by atoms with E-state index in [-0.39, 0.29) is 31.4 Å². The third-order valence-electron chi connectivity index (χ3n) is 7.09. The predicted octanol–water partition coefficient (Wildman–Crippen LogP) is 4.33. The number of methoxy groups -OCH3 is 1. The summed E-state index contributed by atoms with van der Waals surface area (Å²) in [6.07, 6.45) is 3.70. The predicted molar refractivity (Wildman–Crippen MR) is 151 cm³/mol. The highest BCUT2D eigenvalue weighted by Gasteiger charge is 2.24. The number of halogens is 1. The minimum absolute atomic E-state index is 0.0213. The summed E-state index contributed by atoms with van der Waals surface area (Å²) in [4.78, 5) is 32.6. The molecule has 210 valence electrons. The maximum Gasteiger partial charge on any atom is 0.252 e. The molecule has 4 rings (SSSR count). The minimum atomic E-state index is -0.390. The van der Waals surface area contributed by atoms with Crippen molar-refractivity contribution in [1.82, 2.24) is 19.6 Å². The van der Waals surface area contributed by atoms with Crippen molar-refractivity contribution in [2.75, 3.05) is 51.3 Å². The third kappa shape index (κ3) is 7.64. The summed E-state index contributed by atoms with van der Waals surface area (Å²) in [6, 6.07) is 12.4. The number of benzene rings is 2. The molecule has 0 fully saturated rings. The van der Waals surface area contributed by atoms with Gasteiger partial charge in [0.15, 0.2) is 0 Å². The molecule has 0 saturated heterocycles. The van der Waals surface area contributed by atoms with E-state index in [0.29, 0.717) is 36.8 Å². The number of para-hydroxylation sites is 1. The molecule has 0 aliphatic carbocycles. The van der Waals surface area contributed by atoms with Crippen LogP contribution in [0.15, 0.2) is 48.7 Å². The van der Waals surface area contributed by atoms with Gasteiger partial charge in [0.05, 0.1) is 18.3 Å². The SMILES string of the molecule is COCC(=O)N1CCCN(CC(C)C)CCCN(C(=O)CCn2ncc3ccccc32)Cc2cc(F)ccc21. The number of amides is 2. The van der Waals surface area contributed by atoms with Gasteiger partial charge in [-0.2, -0.15) is 5.10 Å². The molecule has 39 heavy (non-hydrogen) atoms. The molecule has 0 radical (unpaired) electrons. The van der Waals surface area contributed by atoms with Gasteiger partial charge >= 0.3 is 0 Å². The number of nitrogens with zero attached hydrogens (tertiary/aromatic N) is 5. The molecule has 0 spiro atoms. The van der Waals surface area contributed by atoms with Crippen molar-refractivity contribution in [1.29, 1.82) is 0 Å². The lowest BCUT2D eigenvalue weighted by Gasteiger charge is -2.32. The molecule has 0 atom stereocenters. The van der Waals surface area contributed by atoms with Gasteiger partial charge in [-0.05, 0) is 61.7 Å². The maximum atomic E-state index is 14.5. The van der Waals surface area contributed by atoms with Gasteiger partial charge in [-0.25, -0.2) is 4.39 Å². The van der Waals surface area contributed by atoms with Gasteiger partial charge in [-0.1, -0.05) is 32.0 Å². The van der Waals surface area contributed by atoms with Crippen LogP contribution in [0.1, 0.15) is 38.7 Å². The summed E-state index contributed by atoms with van der Waals surface area (Å²) in [6.45, 7) is 8.71. The van der Waals surface area contributed by atoms with Crippen LogP contribution in [0.2, 0.25) is 0 Å². The van der Waals surface area contributed by atoms with Crippen LogP contribution in [0, 0.1) is 11.7 Å². The normalized spacial score (nSPS) is 15.7. The Bertz CT molecular complexity index is 1260. The summed E-state index contributed by atoms with van der Waals surface area (Å²) in [7, 11) is 1.49. The smallest absolute Gasteiger partial charge is 0.252 e. The highest BCUT2D eigenvalue weighted by molar-refractivity contribution is 5.95. The Morgan fingerprint density at radius 2 is 1.79 bits per heavy atom. The van der Waals surface area contributed by atoms with E-state index in [1.165, 1.54) is 19.2 Å². The Morgan fingerprint density at radius 1 is 1.03 bits per heavy atom. The first-order valence-corrected chi connectivity index (χ1v) is 13.8. The summed E-state index contributed by atoms with van der Waals surface area (Å²) in [5.41, 5.74) is 2.24. The quantitative estimate of drug-likeness (QED) is 0.449. The molecule has 0 unspecified atom stereocenters. The average molecular weight is 538 g/mol. The molecular weight excluding hydrogens is 497 g/mol. The number of anilines is 1. The van der Waals surface area contributed by atoms with Crippen LogP contribution in [0.5, 0.6) is 0 Å². The number of aryl methyl sites for hydroxylation is 1. The molecule has 1 aliphatic rings. The molecule has 0 N–H and O–H groups in total. The second kappa shape index (κ2) is 13.7. The van der Waals surface area contributed by atoms with Gasteiger partial charge in [0, 0.05) is 50.8 Å². The Labute approximate surface area is 230 Å². The fourth-order valence-corrected chi connectivity index (χ4v) is 5.33. The Morgan fingerprint density at radius 3 is 2.56 bits per heavy atom. The Kier molecular flexibility index (Phi) is 10.1. The van der Waals surface area contributed by atoms with Crippen molar-refractivity contribution in [2.24, 2.45) is 5.92 Å². The molecule has 0 bridgehead atoms. The lowest BCUT2D eigenvalue weighted by molar-refractivity contribution is -0.132. The van der Waals surface area contributed by atoms with Crippen molar-refractivity contribution in [2.45, 2.75) is 46.2 Å². The number of ether oxygens (including phenoxy) is 1. The first kappa shape index (κ1) is 28.7. The molecule has 3 aromatic rings. The van der Waals surface area contributed by atoms with E-state index in [1.807, 2.05) is 35.1 Å². The van der Waals surface area contributed by atoms with E-state index in [9.17, 15) is 14.0 Å². The van der Waals surface area contributed by atoms with Crippen molar-refractivity contribution < 1.29 is 18.7 Å². The summed E-state index contributed by atoms with van der Waals surface area (Å²) in [5.74, 6) is -0.0822. The number of hydrogen-bond donors (Lipinski definition) is 0. The zero-order valence-corrected chi connectivity index (χ0v) is 23.3. The van der Waals surface area contributed by atoms with Gasteiger partial charge in [0.1, 0.15) is 12.4 Å². The fraction of sp³-hybridized carbons (Fsp3) is 0.500. The van der Waals surface area contributed by atoms with E-state index in [1.54, 1.807) is 15.9 Å². The summed E-state index contributed by atoms with van der Waals surface area (Å²) >= 11 is 0. The van der Waals surface area contributed by atoms with Crippen LogP contribution in [0.25, 0.3) is 10.9 Å². The first-order chi connectivity index (χ1) is 18.9. The Hall–Kier alpha value is -3.30. The van der Waals surface area contributed by atoms with Gasteiger partial charge in [-0.3, -0.25) is 14.3 Å². The molecule has 2 aromatic carbocycles. The molecule has 9 heteroatoms. The Balaban J connectivity index is 1.60. The number of hydrogen-bond acceptors (Lipinski definition) is 5. The highest BCUT2D eigenvalue weighted by Crippen LogP contribution is 2.25. The molecule has 2 heterocycles. The maximum absolute atomic E-state index is 14.5. The highest BCUT2D eigenvalue weighted by atomic mass is 19.1. The lowest BCUT2D eigenvalue weighted by atomic mass is 10.1. The van der Waals surface area contributed by atoms with E-state index in [4.69, 9.17) is 4.74 Å². The topological polar surface area (TPSA) is 70.9 Å². The van der Waals surface area contributed by atoms with Gasteiger partial charge < -0.3 is 19.4 Å². The number of rotatable bonds is 7. The zero-order valence-electron chi connectivity index (χ0n) is 23.3. The molecule has 0 saturated carbocycles. The van der Waals surface area contributed by atoms with Crippen molar-refractivity contribution in [3.63, 3.8) is 0 Å². The van der Waals surface area contributed by atoms with Gasteiger partial charge in [-0.15, -0.1) is 0 Å². The first-order valence-electron chi connectivity index (χ1n) is 13.8. The van der Waals surface area contributed by atoms with Crippen LogP contribution in [-0.4, -0.2) is 77.8 Å². The van der Waals surface area contributed by atoms with Crippen LogP contribution in [0.4, 0.5) is 10.1 Å². The zero-order chi connectivity index (χ0) is 27.8. The standard InChI is InChI=1S/C30H40FN5O3/c1-23(2)20-33-13-6-15-34(29(37)12-17-36-28-9-5-4-8-24(28)19-32-36)21-25-18-26(31)10-11-27(25)35(16-7-14-33)30(38)22-39-3/h4-5,8-11,18-19,23H,6-7,12-17,20-22H2,1-3H3. The molecule has 2 amide bonds. The lowest BCUT2D eigenvalue weighted by Crippen LogP contribution is -2.40. The fourth-order valence-electron chi connectivity index (χ4n) is 5.33. The van der Waals surface area contributed by atoms with E-state index < -0.39 is 5.82 Å². The minimum Gasteiger partial charge on any atom is -0.375 e. The van der Waals surface area contributed by atoms with E-state index >= 15 is 0 Å². The van der Waals surface area contributed by atoms with Crippen molar-refractivity contribution in [3.8, 4) is 0 Å². The largest absolute Gasteiger partial charge is 0.375 e. The second-order valence-corrected chi connectivity index (χ2v) is 10.6. The third-order valence-corrected chi connectivity index (χ3v) is 7.09. The van der Waals surface area contributed by atoms with E-state index in [2.05, 4.69) is 23.8 Å². The average Bonchev–Trinajstić information content (AvgIpc) is 3.31. The monoisotopic (exact) mass is 537 g/mol. The second-order valence-electron chi connectivity index (χ2n) is 10.6. The van der Waals surface area contributed by atoms with Crippen molar-refractivity contribution >= 4 is 28.4 Å². The molecule has 1 aromatic heterocycles. The van der Waals surface area contributed by atoms with Gasteiger partial charge in [0.2, 0.25) is 5.91 Å². The van der Waals surface area contributed by atoms with Crippen LogP contribution >= 0.6 is 0 Å². The van der Waals surface area contributed by atoms with Crippen molar-refractivity contribution in [3.05, 3.63) is 60.0 Å². The molecular formula is C30H40FN5O3. The number of aromatic nitrogens is 2.